The Kier molecular flexibility index (Phi) is 3.72. The van der Waals surface area contributed by atoms with Gasteiger partial charge in [0.2, 0.25) is 5.91 Å². The molecule has 1 aliphatic heterocycles. The van der Waals surface area contributed by atoms with Gasteiger partial charge in [0.05, 0.1) is 11.2 Å². The number of amides is 1. The average molecular weight is 235 g/mol. The lowest BCUT2D eigenvalue weighted by Gasteiger charge is -2.18. The van der Waals surface area contributed by atoms with Crippen molar-refractivity contribution < 1.29 is 17.8 Å². The summed E-state index contributed by atoms with van der Waals surface area (Å²) < 4.78 is 31.4. The van der Waals surface area contributed by atoms with E-state index in [1.54, 1.807) is 7.05 Å². The zero-order valence-corrected chi connectivity index (χ0v) is 9.83. The Hall–Kier alpha value is -0.620. The van der Waals surface area contributed by atoms with Crippen LogP contribution in [0.15, 0.2) is 0 Å². The molecule has 2 unspecified atom stereocenters. The van der Waals surface area contributed by atoms with Gasteiger partial charge in [-0.15, -0.1) is 0 Å². The van der Waals surface area contributed by atoms with Crippen molar-refractivity contribution in [3.05, 3.63) is 0 Å². The van der Waals surface area contributed by atoms with Crippen molar-refractivity contribution in [1.29, 1.82) is 0 Å². The van der Waals surface area contributed by atoms with Crippen LogP contribution in [0, 0.1) is 5.92 Å². The maximum Gasteiger partial charge on any atom is 0.268 e. The van der Waals surface area contributed by atoms with Gasteiger partial charge in [-0.25, -0.2) is 0 Å². The van der Waals surface area contributed by atoms with E-state index in [4.69, 9.17) is 4.55 Å². The zero-order valence-electron chi connectivity index (χ0n) is 9.01. The molecule has 0 spiro atoms. The highest BCUT2D eigenvalue weighted by molar-refractivity contribution is 7.86. The third-order valence-electron chi connectivity index (χ3n) is 2.87. The fraction of sp³-hybridized carbons (Fsp3) is 0.889. The Bertz CT molecular complexity index is 338. The van der Waals surface area contributed by atoms with Crippen LogP contribution in [0.2, 0.25) is 0 Å². The minimum absolute atomic E-state index is 0.175. The molecule has 15 heavy (non-hydrogen) atoms. The molecule has 0 aliphatic carbocycles. The zero-order chi connectivity index (χ0) is 11.6. The number of hydrogen-bond donors (Lipinski definition) is 1. The fourth-order valence-corrected chi connectivity index (χ4v) is 3.24. The molecule has 88 valence electrons. The summed E-state index contributed by atoms with van der Waals surface area (Å²) in [5, 5.41) is -0.931. The summed E-state index contributed by atoms with van der Waals surface area (Å²) in [6, 6.07) is 0. The smallest absolute Gasteiger partial charge is 0.268 e. The van der Waals surface area contributed by atoms with Crippen LogP contribution < -0.4 is 0 Å². The summed E-state index contributed by atoms with van der Waals surface area (Å²) in [6.45, 7) is 2.40. The first-order valence-corrected chi connectivity index (χ1v) is 6.59. The molecule has 6 heteroatoms. The average Bonchev–Trinajstić information content (AvgIpc) is 2.43. The topological polar surface area (TPSA) is 74.7 Å². The van der Waals surface area contributed by atoms with Crippen molar-refractivity contribution in [2.75, 3.05) is 13.6 Å². The standard InChI is InChI=1S/C9H17NO4S/c1-3-4-8(15(12,13)14)7-5-6-10(2)9(7)11/h7-8H,3-6H2,1-2H3,(H,12,13,14). The van der Waals surface area contributed by atoms with Crippen LogP contribution in [0.4, 0.5) is 0 Å². The fourth-order valence-electron chi connectivity index (χ4n) is 2.04. The first kappa shape index (κ1) is 12.4. The van der Waals surface area contributed by atoms with Crippen LogP contribution in [0.3, 0.4) is 0 Å². The molecule has 0 radical (unpaired) electrons. The van der Waals surface area contributed by atoms with Gasteiger partial charge in [-0.3, -0.25) is 9.35 Å². The summed E-state index contributed by atoms with van der Waals surface area (Å²) >= 11 is 0. The van der Waals surface area contributed by atoms with E-state index in [2.05, 4.69) is 0 Å². The lowest BCUT2D eigenvalue weighted by molar-refractivity contribution is -0.129. The lowest BCUT2D eigenvalue weighted by atomic mass is 10.0. The summed E-state index contributed by atoms with van der Waals surface area (Å²) in [7, 11) is -2.47. The van der Waals surface area contributed by atoms with E-state index in [0.717, 1.165) is 0 Å². The van der Waals surface area contributed by atoms with E-state index in [1.165, 1.54) is 4.90 Å². The number of likely N-dealkylation sites (tertiary alicyclic amines) is 1. The SMILES string of the molecule is CCCC(C1CCN(C)C1=O)S(=O)(=O)O. The van der Waals surface area contributed by atoms with Gasteiger partial charge in [-0.05, 0) is 12.8 Å². The Morgan fingerprint density at radius 1 is 1.60 bits per heavy atom. The van der Waals surface area contributed by atoms with Crippen LogP contribution in [0.5, 0.6) is 0 Å². The van der Waals surface area contributed by atoms with Crippen LogP contribution >= 0.6 is 0 Å². The maximum atomic E-state index is 11.6. The normalized spacial score (nSPS) is 24.6. The van der Waals surface area contributed by atoms with Crippen molar-refractivity contribution >= 4 is 16.0 Å². The molecule has 1 N–H and O–H groups in total. The molecular weight excluding hydrogens is 218 g/mol. The van der Waals surface area contributed by atoms with Gasteiger partial charge in [-0.2, -0.15) is 8.42 Å². The minimum Gasteiger partial charge on any atom is -0.345 e. The molecule has 1 fully saturated rings. The van der Waals surface area contributed by atoms with Crippen LogP contribution in [-0.2, 0) is 14.9 Å². The molecule has 2 atom stereocenters. The number of carbonyl (C=O) groups excluding carboxylic acids is 1. The molecule has 0 aromatic carbocycles. The van der Waals surface area contributed by atoms with Gasteiger partial charge < -0.3 is 4.90 Å². The van der Waals surface area contributed by atoms with Gasteiger partial charge in [0.15, 0.2) is 0 Å². The number of rotatable bonds is 4. The van der Waals surface area contributed by atoms with Gasteiger partial charge in [0.25, 0.3) is 10.1 Å². The maximum absolute atomic E-state index is 11.6. The van der Waals surface area contributed by atoms with E-state index in [-0.39, 0.29) is 5.91 Å². The van der Waals surface area contributed by atoms with E-state index >= 15 is 0 Å². The molecule has 1 aliphatic rings. The summed E-state index contributed by atoms with van der Waals surface area (Å²) in [4.78, 5) is 13.1. The highest BCUT2D eigenvalue weighted by Gasteiger charge is 2.41. The molecule has 1 heterocycles. The lowest BCUT2D eigenvalue weighted by Crippen LogP contribution is -2.35. The molecule has 0 saturated carbocycles. The first-order valence-electron chi connectivity index (χ1n) is 5.09. The van der Waals surface area contributed by atoms with Gasteiger partial charge in [0.1, 0.15) is 0 Å². The molecule has 0 aromatic heterocycles. The monoisotopic (exact) mass is 235 g/mol. The van der Waals surface area contributed by atoms with E-state index in [0.29, 0.717) is 25.8 Å². The minimum atomic E-state index is -4.11. The Balaban J connectivity index is 2.87. The van der Waals surface area contributed by atoms with Gasteiger partial charge in [0, 0.05) is 13.6 Å². The number of nitrogens with zero attached hydrogens (tertiary/aromatic N) is 1. The van der Waals surface area contributed by atoms with Crippen molar-refractivity contribution in [2.24, 2.45) is 5.92 Å². The van der Waals surface area contributed by atoms with Gasteiger partial charge in [-0.1, -0.05) is 13.3 Å². The van der Waals surface area contributed by atoms with Crippen LogP contribution in [0.25, 0.3) is 0 Å². The van der Waals surface area contributed by atoms with E-state index in [9.17, 15) is 13.2 Å². The van der Waals surface area contributed by atoms with Crippen molar-refractivity contribution in [3.63, 3.8) is 0 Å². The van der Waals surface area contributed by atoms with E-state index in [1.807, 2.05) is 6.92 Å². The summed E-state index contributed by atoms with van der Waals surface area (Å²) in [5.41, 5.74) is 0. The quantitative estimate of drug-likeness (QED) is 0.721. The second-order valence-corrected chi connectivity index (χ2v) is 5.63. The third-order valence-corrected chi connectivity index (χ3v) is 4.20. The second-order valence-electron chi connectivity index (χ2n) is 4.00. The van der Waals surface area contributed by atoms with Crippen LogP contribution in [-0.4, -0.2) is 42.6 Å². The Morgan fingerprint density at radius 3 is 2.53 bits per heavy atom. The molecule has 5 nitrogen and oxygen atoms in total. The molecule has 0 aromatic rings. The molecule has 1 amide bonds. The summed E-state index contributed by atoms with van der Waals surface area (Å²) in [6.07, 6.45) is 1.49. The molecular formula is C9H17NO4S. The number of hydrogen-bond acceptors (Lipinski definition) is 3. The van der Waals surface area contributed by atoms with Crippen LogP contribution in [0.1, 0.15) is 26.2 Å². The predicted octanol–water partition coefficient (Wildman–Crippen LogP) is 0.521. The molecule has 1 rings (SSSR count). The molecule has 0 bridgehead atoms. The summed E-state index contributed by atoms with van der Waals surface area (Å²) in [5.74, 6) is -0.740. The van der Waals surface area contributed by atoms with E-state index < -0.39 is 21.3 Å². The highest BCUT2D eigenvalue weighted by Crippen LogP contribution is 2.27. The molecule has 1 saturated heterocycles. The highest BCUT2D eigenvalue weighted by atomic mass is 32.2. The van der Waals surface area contributed by atoms with Gasteiger partial charge >= 0.3 is 0 Å². The first-order chi connectivity index (χ1) is 6.88. The Morgan fingerprint density at radius 2 is 2.20 bits per heavy atom. The second kappa shape index (κ2) is 4.49. The Labute approximate surface area is 90.2 Å². The van der Waals surface area contributed by atoms with Crippen molar-refractivity contribution in [2.45, 2.75) is 31.4 Å². The van der Waals surface area contributed by atoms with Crippen molar-refractivity contribution in [3.8, 4) is 0 Å². The number of carbonyl (C=O) groups is 1. The third kappa shape index (κ3) is 2.69. The largest absolute Gasteiger partial charge is 0.345 e. The predicted molar refractivity (Wildman–Crippen MR) is 56.0 cm³/mol. The van der Waals surface area contributed by atoms with Crippen molar-refractivity contribution in [1.82, 2.24) is 4.90 Å².